The summed E-state index contributed by atoms with van der Waals surface area (Å²) in [6, 6.07) is 1.94. The Bertz CT molecular complexity index is 537. The Morgan fingerprint density at radius 2 is 2.33 bits per heavy atom. The van der Waals surface area contributed by atoms with Gasteiger partial charge >= 0.3 is 0 Å². The average molecular weight is 290 g/mol. The molecule has 1 fully saturated rings. The number of aryl methyl sites for hydroxylation is 1. The molecule has 1 aliphatic rings. The minimum Gasteiger partial charge on any atom is -0.375 e. The van der Waals surface area contributed by atoms with Crippen LogP contribution in [0.15, 0.2) is 24.8 Å². The van der Waals surface area contributed by atoms with Crippen molar-refractivity contribution >= 4 is 0 Å². The highest BCUT2D eigenvalue weighted by atomic mass is 16.5. The topological polar surface area (TPSA) is 61.0 Å². The van der Waals surface area contributed by atoms with Crippen molar-refractivity contribution in [1.82, 2.24) is 29.4 Å². The fraction of sp³-hybridized carbons (Fsp3) is 0.643. The predicted octanol–water partition coefficient (Wildman–Crippen LogP) is 0.786. The third-order valence-corrected chi connectivity index (χ3v) is 3.74. The van der Waals surface area contributed by atoms with Crippen LogP contribution in [-0.4, -0.2) is 55.2 Å². The fourth-order valence-electron chi connectivity index (χ4n) is 2.72. The SMILES string of the molecule is CCn1ncnc1CN1CCCO[C@@H](Cn2cccn2)C1. The highest BCUT2D eigenvalue weighted by Gasteiger charge is 2.20. The van der Waals surface area contributed by atoms with Gasteiger partial charge in [0.1, 0.15) is 12.2 Å². The molecule has 1 saturated heterocycles. The molecule has 21 heavy (non-hydrogen) atoms. The van der Waals surface area contributed by atoms with Gasteiger partial charge in [0.05, 0.1) is 19.2 Å². The molecule has 7 heteroatoms. The number of hydrogen-bond donors (Lipinski definition) is 0. The van der Waals surface area contributed by atoms with Crippen LogP contribution >= 0.6 is 0 Å². The van der Waals surface area contributed by atoms with Crippen molar-refractivity contribution < 1.29 is 4.74 Å². The summed E-state index contributed by atoms with van der Waals surface area (Å²) in [6.45, 7) is 7.31. The summed E-state index contributed by atoms with van der Waals surface area (Å²) >= 11 is 0. The van der Waals surface area contributed by atoms with Crippen LogP contribution < -0.4 is 0 Å². The van der Waals surface area contributed by atoms with E-state index in [-0.39, 0.29) is 6.10 Å². The van der Waals surface area contributed by atoms with Crippen molar-refractivity contribution in [2.75, 3.05) is 19.7 Å². The van der Waals surface area contributed by atoms with E-state index in [2.05, 4.69) is 27.0 Å². The maximum absolute atomic E-state index is 5.94. The molecule has 0 aromatic carbocycles. The van der Waals surface area contributed by atoms with E-state index in [0.29, 0.717) is 0 Å². The quantitative estimate of drug-likeness (QED) is 0.814. The van der Waals surface area contributed by atoms with Crippen molar-refractivity contribution in [3.8, 4) is 0 Å². The molecule has 0 N–H and O–H groups in total. The molecule has 0 unspecified atom stereocenters. The first-order valence-electron chi connectivity index (χ1n) is 7.53. The highest BCUT2D eigenvalue weighted by molar-refractivity contribution is 4.86. The van der Waals surface area contributed by atoms with Gasteiger partial charge in [0.15, 0.2) is 0 Å². The Hall–Kier alpha value is -1.73. The second-order valence-electron chi connectivity index (χ2n) is 5.30. The van der Waals surface area contributed by atoms with Crippen LogP contribution in [0.1, 0.15) is 19.2 Å². The van der Waals surface area contributed by atoms with Crippen LogP contribution in [0.5, 0.6) is 0 Å². The highest BCUT2D eigenvalue weighted by Crippen LogP contribution is 2.11. The van der Waals surface area contributed by atoms with E-state index in [0.717, 1.165) is 51.6 Å². The van der Waals surface area contributed by atoms with Gasteiger partial charge in [-0.25, -0.2) is 9.67 Å². The third kappa shape index (κ3) is 3.68. The molecule has 2 aromatic heterocycles. The minimum atomic E-state index is 0.172. The third-order valence-electron chi connectivity index (χ3n) is 3.74. The molecule has 0 saturated carbocycles. The lowest BCUT2D eigenvalue weighted by Gasteiger charge is -2.23. The Kier molecular flexibility index (Phi) is 4.62. The van der Waals surface area contributed by atoms with Gasteiger partial charge < -0.3 is 4.74 Å². The Morgan fingerprint density at radius 3 is 3.14 bits per heavy atom. The smallest absolute Gasteiger partial charge is 0.140 e. The molecule has 3 heterocycles. The van der Waals surface area contributed by atoms with Gasteiger partial charge in [-0.3, -0.25) is 9.58 Å². The Labute approximate surface area is 124 Å². The first kappa shape index (κ1) is 14.2. The first-order valence-corrected chi connectivity index (χ1v) is 7.53. The Balaban J connectivity index is 1.62. The molecule has 0 amide bonds. The van der Waals surface area contributed by atoms with Gasteiger partial charge in [-0.2, -0.15) is 10.2 Å². The normalized spacial score (nSPS) is 20.5. The maximum atomic E-state index is 5.94. The molecule has 114 valence electrons. The summed E-state index contributed by atoms with van der Waals surface area (Å²) < 4.78 is 9.82. The van der Waals surface area contributed by atoms with E-state index >= 15 is 0 Å². The van der Waals surface area contributed by atoms with Crippen LogP contribution in [0.25, 0.3) is 0 Å². The lowest BCUT2D eigenvalue weighted by Crippen LogP contribution is -2.34. The van der Waals surface area contributed by atoms with Crippen LogP contribution in [0.2, 0.25) is 0 Å². The summed E-state index contributed by atoms with van der Waals surface area (Å²) in [5.41, 5.74) is 0. The zero-order chi connectivity index (χ0) is 14.5. The summed E-state index contributed by atoms with van der Waals surface area (Å²) in [4.78, 5) is 6.76. The summed E-state index contributed by atoms with van der Waals surface area (Å²) in [5.74, 6) is 1.03. The second-order valence-corrected chi connectivity index (χ2v) is 5.30. The van der Waals surface area contributed by atoms with Crippen molar-refractivity contribution in [2.24, 2.45) is 0 Å². The molecule has 1 atom stereocenters. The van der Waals surface area contributed by atoms with Gasteiger partial charge in [-0.05, 0) is 19.4 Å². The molecule has 2 aromatic rings. The van der Waals surface area contributed by atoms with Gasteiger partial charge in [0.2, 0.25) is 0 Å². The van der Waals surface area contributed by atoms with Crippen LogP contribution in [0, 0.1) is 0 Å². The van der Waals surface area contributed by atoms with Crippen LogP contribution in [-0.2, 0) is 24.4 Å². The molecular formula is C14H22N6O. The number of aromatic nitrogens is 5. The number of nitrogens with zero attached hydrogens (tertiary/aromatic N) is 6. The van der Waals surface area contributed by atoms with E-state index in [1.165, 1.54) is 0 Å². The van der Waals surface area contributed by atoms with Crippen molar-refractivity contribution in [2.45, 2.75) is 39.1 Å². The molecule has 3 rings (SSSR count). The van der Waals surface area contributed by atoms with E-state index in [9.17, 15) is 0 Å². The average Bonchev–Trinajstić information content (AvgIpc) is 3.09. The van der Waals surface area contributed by atoms with E-state index in [1.807, 2.05) is 21.6 Å². The largest absolute Gasteiger partial charge is 0.375 e. The zero-order valence-corrected chi connectivity index (χ0v) is 12.4. The van der Waals surface area contributed by atoms with E-state index in [4.69, 9.17) is 4.74 Å². The first-order chi connectivity index (χ1) is 10.3. The lowest BCUT2D eigenvalue weighted by atomic mass is 10.3. The Morgan fingerprint density at radius 1 is 1.38 bits per heavy atom. The minimum absolute atomic E-state index is 0.172. The number of hydrogen-bond acceptors (Lipinski definition) is 5. The molecule has 0 aliphatic carbocycles. The van der Waals surface area contributed by atoms with Gasteiger partial charge in [0.25, 0.3) is 0 Å². The molecule has 0 bridgehead atoms. The predicted molar refractivity (Wildman–Crippen MR) is 77.6 cm³/mol. The van der Waals surface area contributed by atoms with Crippen molar-refractivity contribution in [3.63, 3.8) is 0 Å². The second kappa shape index (κ2) is 6.82. The summed E-state index contributed by atoms with van der Waals surface area (Å²) in [5, 5.41) is 8.50. The maximum Gasteiger partial charge on any atom is 0.140 e. The van der Waals surface area contributed by atoms with E-state index < -0.39 is 0 Å². The molecule has 0 radical (unpaired) electrons. The lowest BCUT2D eigenvalue weighted by molar-refractivity contribution is 0.0387. The molecule has 1 aliphatic heterocycles. The molecule has 7 nitrogen and oxygen atoms in total. The summed E-state index contributed by atoms with van der Waals surface area (Å²) in [7, 11) is 0. The van der Waals surface area contributed by atoms with Crippen LogP contribution in [0.3, 0.4) is 0 Å². The fourth-order valence-corrected chi connectivity index (χ4v) is 2.72. The van der Waals surface area contributed by atoms with Crippen molar-refractivity contribution in [1.29, 1.82) is 0 Å². The number of ether oxygens (including phenoxy) is 1. The van der Waals surface area contributed by atoms with E-state index in [1.54, 1.807) is 12.5 Å². The van der Waals surface area contributed by atoms with Gasteiger partial charge in [0, 0.05) is 38.6 Å². The van der Waals surface area contributed by atoms with Gasteiger partial charge in [-0.1, -0.05) is 0 Å². The number of rotatable bonds is 5. The standard InChI is InChI=1S/C14H22N6O/c1-2-20-14(15-12-17-20)11-18-6-4-8-21-13(9-18)10-19-7-3-5-16-19/h3,5,7,12-13H,2,4,6,8-11H2,1H3/t13-/m1/s1. The monoisotopic (exact) mass is 290 g/mol. The molecular weight excluding hydrogens is 268 g/mol. The zero-order valence-electron chi connectivity index (χ0n) is 12.4. The summed E-state index contributed by atoms with van der Waals surface area (Å²) in [6.07, 6.45) is 6.64. The molecule has 0 spiro atoms. The van der Waals surface area contributed by atoms with Crippen molar-refractivity contribution in [3.05, 3.63) is 30.6 Å². The van der Waals surface area contributed by atoms with Gasteiger partial charge in [-0.15, -0.1) is 0 Å². The van der Waals surface area contributed by atoms with Crippen LogP contribution in [0.4, 0.5) is 0 Å².